The van der Waals surface area contributed by atoms with Crippen molar-refractivity contribution in [1.82, 2.24) is 19.1 Å². The molecule has 0 bridgehead atoms. The minimum absolute atomic E-state index is 0.270. The van der Waals surface area contributed by atoms with Crippen molar-refractivity contribution in [2.24, 2.45) is 0 Å². The van der Waals surface area contributed by atoms with E-state index in [4.69, 9.17) is 4.98 Å². The van der Waals surface area contributed by atoms with Gasteiger partial charge in [0.1, 0.15) is 5.82 Å². The molecule has 162 valence electrons. The van der Waals surface area contributed by atoms with Gasteiger partial charge in [-0.05, 0) is 42.5 Å². The largest absolute Gasteiger partial charge is 0.450 e. The second-order valence-electron chi connectivity index (χ2n) is 8.79. The van der Waals surface area contributed by atoms with Gasteiger partial charge in [-0.15, -0.1) is 0 Å². The lowest BCUT2D eigenvalue weighted by Crippen LogP contribution is -2.18. The molecule has 0 atom stereocenters. The van der Waals surface area contributed by atoms with Gasteiger partial charge in [-0.2, -0.15) is 13.2 Å². The molecule has 0 radical (unpaired) electrons. The highest BCUT2D eigenvalue weighted by atomic mass is 19.4. The van der Waals surface area contributed by atoms with E-state index in [1.807, 2.05) is 34.9 Å². The Morgan fingerprint density at radius 1 is 0.625 bits per heavy atom. The molecular formula is C25H21F3N4. The monoisotopic (exact) mass is 434 g/mol. The predicted octanol–water partition coefficient (Wildman–Crippen LogP) is 6.68. The standard InChI is InChI=1S/C25H21F3N4/c1-24(2,3)22-29-18-11-4-6-13-20(18)31(22)16-9-8-10-17(15-16)32-21-14-7-5-12-19(21)30-23(32)25(26,27)28/h4-15H,1-3H3. The molecule has 0 fully saturated rings. The number of hydrogen-bond acceptors (Lipinski definition) is 2. The van der Waals surface area contributed by atoms with Crippen LogP contribution in [0.3, 0.4) is 0 Å². The van der Waals surface area contributed by atoms with Crippen molar-refractivity contribution in [3.8, 4) is 11.4 Å². The number of nitrogens with zero attached hydrogens (tertiary/aromatic N) is 4. The summed E-state index contributed by atoms with van der Waals surface area (Å²) in [6.07, 6.45) is -4.59. The molecule has 0 saturated carbocycles. The van der Waals surface area contributed by atoms with Gasteiger partial charge in [0.2, 0.25) is 5.82 Å². The summed E-state index contributed by atoms with van der Waals surface area (Å²) in [5.41, 5.74) is 3.31. The first-order chi connectivity index (χ1) is 15.1. The molecule has 0 N–H and O–H groups in total. The van der Waals surface area contributed by atoms with Crippen LogP contribution in [-0.2, 0) is 11.6 Å². The number of halogens is 3. The van der Waals surface area contributed by atoms with E-state index in [-0.39, 0.29) is 5.41 Å². The Morgan fingerprint density at radius 2 is 1.09 bits per heavy atom. The molecule has 0 aliphatic carbocycles. The van der Waals surface area contributed by atoms with Crippen molar-refractivity contribution in [3.05, 3.63) is 84.4 Å². The van der Waals surface area contributed by atoms with Gasteiger partial charge >= 0.3 is 6.18 Å². The lowest BCUT2D eigenvalue weighted by molar-refractivity contribution is -0.145. The van der Waals surface area contributed by atoms with Gasteiger partial charge in [0, 0.05) is 16.8 Å². The summed E-state index contributed by atoms with van der Waals surface area (Å²) in [5, 5.41) is 0. The van der Waals surface area contributed by atoms with E-state index < -0.39 is 12.0 Å². The second-order valence-corrected chi connectivity index (χ2v) is 8.79. The molecule has 32 heavy (non-hydrogen) atoms. The third-order valence-corrected chi connectivity index (χ3v) is 5.39. The van der Waals surface area contributed by atoms with Crippen LogP contribution >= 0.6 is 0 Å². The molecule has 0 aliphatic heterocycles. The van der Waals surface area contributed by atoms with Gasteiger partial charge in [-0.3, -0.25) is 9.13 Å². The third kappa shape index (κ3) is 3.25. The quantitative estimate of drug-likeness (QED) is 0.311. The number of hydrogen-bond donors (Lipinski definition) is 0. The Balaban J connectivity index is 1.79. The van der Waals surface area contributed by atoms with Gasteiger partial charge in [0.05, 0.1) is 22.1 Å². The molecule has 2 heterocycles. The fraction of sp³-hybridized carbons (Fsp3) is 0.200. The van der Waals surface area contributed by atoms with Gasteiger partial charge in [0.25, 0.3) is 0 Å². The fourth-order valence-electron chi connectivity index (χ4n) is 4.04. The highest BCUT2D eigenvalue weighted by molar-refractivity contribution is 5.80. The molecular weight excluding hydrogens is 413 g/mol. The molecule has 0 spiro atoms. The van der Waals surface area contributed by atoms with Crippen LogP contribution in [0.15, 0.2) is 72.8 Å². The summed E-state index contributed by atoms with van der Waals surface area (Å²) in [4.78, 5) is 8.70. The summed E-state index contributed by atoms with van der Waals surface area (Å²) in [7, 11) is 0. The predicted molar refractivity (Wildman–Crippen MR) is 119 cm³/mol. The van der Waals surface area contributed by atoms with E-state index in [0.29, 0.717) is 16.7 Å². The van der Waals surface area contributed by atoms with Crippen molar-refractivity contribution in [1.29, 1.82) is 0 Å². The maximum atomic E-state index is 13.9. The highest BCUT2D eigenvalue weighted by Gasteiger charge is 2.38. The zero-order valence-corrected chi connectivity index (χ0v) is 17.9. The normalized spacial score (nSPS) is 12.7. The lowest BCUT2D eigenvalue weighted by Gasteiger charge is -2.21. The minimum Gasteiger partial charge on any atom is -0.296 e. The average molecular weight is 434 g/mol. The summed E-state index contributed by atoms with van der Waals surface area (Å²) in [6.45, 7) is 6.21. The van der Waals surface area contributed by atoms with E-state index >= 15 is 0 Å². The van der Waals surface area contributed by atoms with Crippen LogP contribution in [0.2, 0.25) is 0 Å². The molecule has 7 heteroatoms. The number of para-hydroxylation sites is 4. The smallest absolute Gasteiger partial charge is 0.296 e. The number of rotatable bonds is 2. The lowest BCUT2D eigenvalue weighted by atomic mass is 9.95. The molecule has 3 aromatic carbocycles. The van der Waals surface area contributed by atoms with Crippen LogP contribution < -0.4 is 0 Å². The summed E-state index contributed by atoms with van der Waals surface area (Å²) >= 11 is 0. The van der Waals surface area contributed by atoms with Gasteiger partial charge < -0.3 is 0 Å². The van der Waals surface area contributed by atoms with Crippen molar-refractivity contribution < 1.29 is 13.2 Å². The highest BCUT2D eigenvalue weighted by Crippen LogP contribution is 2.35. The number of aromatic nitrogens is 4. The van der Waals surface area contributed by atoms with Gasteiger partial charge in [-0.25, -0.2) is 9.97 Å². The van der Waals surface area contributed by atoms with Crippen molar-refractivity contribution in [2.75, 3.05) is 0 Å². The van der Waals surface area contributed by atoms with E-state index in [0.717, 1.165) is 22.5 Å². The SMILES string of the molecule is CC(C)(C)c1nc2ccccc2n1-c1cccc(-n2c(C(F)(F)F)nc3ccccc32)c1. The Kier molecular flexibility index (Phi) is 4.41. The topological polar surface area (TPSA) is 35.6 Å². The Bertz CT molecular complexity index is 1340. The molecule has 0 amide bonds. The number of imidazole rings is 2. The summed E-state index contributed by atoms with van der Waals surface area (Å²) < 4.78 is 44.8. The zero-order chi connectivity index (χ0) is 22.7. The van der Waals surface area contributed by atoms with Crippen LogP contribution in [0.5, 0.6) is 0 Å². The Hall–Kier alpha value is -3.61. The van der Waals surface area contributed by atoms with Gasteiger partial charge in [0.15, 0.2) is 0 Å². The number of fused-ring (bicyclic) bond motifs is 2. The number of benzene rings is 3. The Morgan fingerprint density at radius 3 is 1.59 bits per heavy atom. The first-order valence-corrected chi connectivity index (χ1v) is 10.3. The molecule has 2 aromatic heterocycles. The second kappa shape index (κ2) is 6.95. The summed E-state index contributed by atoms with van der Waals surface area (Å²) in [6, 6.07) is 21.5. The van der Waals surface area contributed by atoms with Crippen LogP contribution in [0.1, 0.15) is 32.4 Å². The van der Waals surface area contributed by atoms with E-state index in [9.17, 15) is 13.2 Å². The third-order valence-electron chi connectivity index (χ3n) is 5.39. The first kappa shape index (κ1) is 20.3. The van der Waals surface area contributed by atoms with Crippen LogP contribution in [0.25, 0.3) is 33.4 Å². The minimum atomic E-state index is -4.59. The van der Waals surface area contributed by atoms with Crippen LogP contribution in [0, 0.1) is 0 Å². The summed E-state index contributed by atoms with van der Waals surface area (Å²) in [5.74, 6) is -0.107. The molecule has 4 nitrogen and oxygen atoms in total. The van der Waals surface area contributed by atoms with E-state index in [1.54, 1.807) is 42.5 Å². The average Bonchev–Trinajstić information content (AvgIpc) is 3.33. The van der Waals surface area contributed by atoms with Crippen LogP contribution in [0.4, 0.5) is 13.2 Å². The van der Waals surface area contributed by atoms with Crippen molar-refractivity contribution >= 4 is 22.1 Å². The molecule has 5 aromatic rings. The van der Waals surface area contributed by atoms with Crippen LogP contribution in [-0.4, -0.2) is 19.1 Å². The molecule has 5 rings (SSSR count). The van der Waals surface area contributed by atoms with E-state index in [2.05, 4.69) is 25.8 Å². The maximum absolute atomic E-state index is 13.9. The number of alkyl halides is 3. The zero-order valence-electron chi connectivity index (χ0n) is 17.9. The van der Waals surface area contributed by atoms with Gasteiger partial charge in [-0.1, -0.05) is 51.1 Å². The van der Waals surface area contributed by atoms with Crippen molar-refractivity contribution in [2.45, 2.75) is 32.4 Å². The Labute approximate surface area is 183 Å². The first-order valence-electron chi connectivity index (χ1n) is 10.3. The molecule has 0 saturated heterocycles. The fourth-order valence-corrected chi connectivity index (χ4v) is 4.04. The van der Waals surface area contributed by atoms with E-state index in [1.165, 1.54) is 4.57 Å². The molecule has 0 aliphatic rings. The molecule has 0 unspecified atom stereocenters. The van der Waals surface area contributed by atoms with Crippen molar-refractivity contribution in [3.63, 3.8) is 0 Å². The maximum Gasteiger partial charge on any atom is 0.450 e.